The van der Waals surface area contributed by atoms with E-state index in [2.05, 4.69) is 20.2 Å². The Hall–Kier alpha value is -2.17. The van der Waals surface area contributed by atoms with Gasteiger partial charge in [-0.2, -0.15) is 0 Å². The van der Waals surface area contributed by atoms with Crippen LogP contribution in [0.1, 0.15) is 12.8 Å². The van der Waals surface area contributed by atoms with E-state index >= 15 is 0 Å². The summed E-state index contributed by atoms with van der Waals surface area (Å²) in [4.78, 5) is 10.4. The number of nitrogens with one attached hydrogen (secondary N) is 1. The molecular weight excluding hydrogens is 255 g/mol. The van der Waals surface area contributed by atoms with Crippen molar-refractivity contribution in [1.29, 1.82) is 0 Å². The fourth-order valence-corrected chi connectivity index (χ4v) is 2.58. The molecule has 1 aromatic carbocycles. The Morgan fingerprint density at radius 3 is 2.75 bits per heavy atom. The Kier molecular flexibility index (Phi) is 3.76. The molecule has 0 saturated carbocycles. The molecule has 1 saturated heterocycles. The second-order valence-corrected chi connectivity index (χ2v) is 4.95. The van der Waals surface area contributed by atoms with Crippen LogP contribution in [0, 0.1) is 5.82 Å². The van der Waals surface area contributed by atoms with Gasteiger partial charge in [0.25, 0.3) is 0 Å². The van der Waals surface area contributed by atoms with Crippen molar-refractivity contribution in [2.45, 2.75) is 18.9 Å². The van der Waals surface area contributed by atoms with Gasteiger partial charge in [-0.3, -0.25) is 0 Å². The third-order valence-electron chi connectivity index (χ3n) is 3.51. The molecule has 2 heterocycles. The molecule has 104 valence electrons. The van der Waals surface area contributed by atoms with Crippen LogP contribution in [0.4, 0.5) is 16.0 Å². The van der Waals surface area contributed by atoms with Crippen molar-refractivity contribution in [3.05, 3.63) is 48.5 Å². The van der Waals surface area contributed by atoms with Gasteiger partial charge in [-0.25, -0.2) is 14.4 Å². The van der Waals surface area contributed by atoms with E-state index in [1.54, 1.807) is 24.5 Å². The molecule has 1 atom stereocenters. The third kappa shape index (κ3) is 2.87. The largest absolute Gasteiger partial charge is 0.367 e. The smallest absolute Gasteiger partial charge is 0.222 e. The minimum absolute atomic E-state index is 0.163. The number of piperidine rings is 1. The highest BCUT2D eigenvalue weighted by Crippen LogP contribution is 2.23. The minimum atomic E-state index is -0.163. The summed E-state index contributed by atoms with van der Waals surface area (Å²) >= 11 is 0. The second-order valence-electron chi connectivity index (χ2n) is 4.95. The summed E-state index contributed by atoms with van der Waals surface area (Å²) in [6.07, 6.45) is 5.50. The predicted octanol–water partition coefficient (Wildman–Crippen LogP) is 2.70. The first kappa shape index (κ1) is 12.8. The van der Waals surface area contributed by atoms with Gasteiger partial charge in [0.15, 0.2) is 0 Å². The van der Waals surface area contributed by atoms with Gasteiger partial charge in [0.1, 0.15) is 5.82 Å². The zero-order chi connectivity index (χ0) is 13.8. The topological polar surface area (TPSA) is 41.0 Å². The first-order valence-electron chi connectivity index (χ1n) is 6.86. The molecule has 1 unspecified atom stereocenters. The number of aromatic nitrogens is 2. The molecule has 1 aromatic heterocycles. The molecule has 1 aliphatic rings. The van der Waals surface area contributed by atoms with Crippen molar-refractivity contribution < 1.29 is 4.39 Å². The zero-order valence-electron chi connectivity index (χ0n) is 11.2. The van der Waals surface area contributed by atoms with Crippen LogP contribution >= 0.6 is 0 Å². The lowest BCUT2D eigenvalue weighted by Crippen LogP contribution is -2.42. The summed E-state index contributed by atoms with van der Waals surface area (Å²) in [5.41, 5.74) is 0.674. The lowest BCUT2D eigenvalue weighted by Gasteiger charge is -2.34. The molecule has 1 N–H and O–H groups in total. The fraction of sp³-hybridized carbons (Fsp3) is 0.333. The molecule has 0 spiro atoms. The van der Waals surface area contributed by atoms with Crippen molar-refractivity contribution in [3.63, 3.8) is 0 Å². The molecule has 1 fully saturated rings. The van der Waals surface area contributed by atoms with Gasteiger partial charge in [0.05, 0.1) is 5.69 Å². The van der Waals surface area contributed by atoms with E-state index in [1.165, 1.54) is 6.07 Å². The first-order chi connectivity index (χ1) is 9.83. The molecule has 4 nitrogen and oxygen atoms in total. The monoisotopic (exact) mass is 272 g/mol. The van der Waals surface area contributed by atoms with Gasteiger partial charge in [-0.05, 0) is 31.0 Å². The molecule has 3 rings (SSSR count). The molecule has 20 heavy (non-hydrogen) atoms. The van der Waals surface area contributed by atoms with Crippen LogP contribution in [-0.4, -0.2) is 29.1 Å². The number of halogens is 1. The van der Waals surface area contributed by atoms with E-state index in [0.29, 0.717) is 11.6 Å². The van der Waals surface area contributed by atoms with Crippen LogP contribution in [0.3, 0.4) is 0 Å². The van der Waals surface area contributed by atoms with E-state index in [1.807, 2.05) is 12.1 Å². The highest BCUT2D eigenvalue weighted by atomic mass is 19.1. The standard InChI is InChI=1S/C15H17FN4/c16-13-6-1-2-7-14(13)20-10-3-5-12(11-20)19-15-17-8-4-9-18-15/h1-2,4,6-9,12H,3,5,10-11H2,(H,17,18,19). The van der Waals surface area contributed by atoms with Crippen molar-refractivity contribution in [3.8, 4) is 0 Å². The molecule has 0 aliphatic carbocycles. The number of rotatable bonds is 3. The number of hydrogen-bond acceptors (Lipinski definition) is 4. The van der Waals surface area contributed by atoms with Crippen LogP contribution in [-0.2, 0) is 0 Å². The number of hydrogen-bond donors (Lipinski definition) is 1. The van der Waals surface area contributed by atoms with Crippen LogP contribution in [0.5, 0.6) is 0 Å². The maximum Gasteiger partial charge on any atom is 0.222 e. The van der Waals surface area contributed by atoms with Crippen molar-refractivity contribution in [1.82, 2.24) is 9.97 Å². The van der Waals surface area contributed by atoms with E-state index in [-0.39, 0.29) is 11.9 Å². The van der Waals surface area contributed by atoms with Gasteiger partial charge >= 0.3 is 0 Å². The van der Waals surface area contributed by atoms with Gasteiger partial charge in [-0.1, -0.05) is 12.1 Å². The average molecular weight is 272 g/mol. The third-order valence-corrected chi connectivity index (χ3v) is 3.51. The summed E-state index contributed by atoms with van der Waals surface area (Å²) in [6.45, 7) is 1.65. The Morgan fingerprint density at radius 1 is 1.15 bits per heavy atom. The molecular formula is C15H17FN4. The fourth-order valence-electron chi connectivity index (χ4n) is 2.58. The van der Waals surface area contributed by atoms with Crippen molar-refractivity contribution >= 4 is 11.6 Å². The van der Waals surface area contributed by atoms with Gasteiger partial charge < -0.3 is 10.2 Å². The lowest BCUT2D eigenvalue weighted by molar-refractivity contribution is 0.517. The molecule has 0 amide bonds. The highest BCUT2D eigenvalue weighted by molar-refractivity contribution is 5.48. The normalized spacial score (nSPS) is 18.9. The van der Waals surface area contributed by atoms with Crippen molar-refractivity contribution in [2.24, 2.45) is 0 Å². The summed E-state index contributed by atoms with van der Waals surface area (Å²) in [5.74, 6) is 0.469. The SMILES string of the molecule is Fc1ccccc1N1CCCC(Nc2ncccn2)C1. The Balaban J connectivity index is 1.69. The summed E-state index contributed by atoms with van der Waals surface area (Å²) < 4.78 is 13.8. The summed E-state index contributed by atoms with van der Waals surface area (Å²) in [5, 5.41) is 3.31. The highest BCUT2D eigenvalue weighted by Gasteiger charge is 2.22. The number of benzene rings is 1. The van der Waals surface area contributed by atoms with Crippen LogP contribution < -0.4 is 10.2 Å². The quantitative estimate of drug-likeness (QED) is 0.932. The maximum atomic E-state index is 13.8. The van der Waals surface area contributed by atoms with Crippen LogP contribution in [0.25, 0.3) is 0 Å². The molecule has 0 radical (unpaired) electrons. The molecule has 0 bridgehead atoms. The molecule has 2 aromatic rings. The zero-order valence-corrected chi connectivity index (χ0v) is 11.2. The van der Waals surface area contributed by atoms with Crippen LogP contribution in [0.2, 0.25) is 0 Å². The number of nitrogens with zero attached hydrogens (tertiary/aromatic N) is 3. The lowest BCUT2D eigenvalue weighted by atomic mass is 10.0. The molecule has 5 heteroatoms. The Morgan fingerprint density at radius 2 is 1.95 bits per heavy atom. The Labute approximate surface area is 117 Å². The van der Waals surface area contributed by atoms with Gasteiger partial charge in [0.2, 0.25) is 5.95 Å². The maximum absolute atomic E-state index is 13.8. The minimum Gasteiger partial charge on any atom is -0.367 e. The van der Waals surface area contributed by atoms with Gasteiger partial charge in [-0.15, -0.1) is 0 Å². The summed E-state index contributed by atoms with van der Waals surface area (Å²) in [6, 6.07) is 8.96. The first-order valence-corrected chi connectivity index (χ1v) is 6.86. The van der Waals surface area contributed by atoms with E-state index in [9.17, 15) is 4.39 Å². The molecule has 1 aliphatic heterocycles. The van der Waals surface area contributed by atoms with Crippen molar-refractivity contribution in [2.75, 3.05) is 23.3 Å². The van der Waals surface area contributed by atoms with Gasteiger partial charge in [0, 0.05) is 31.5 Å². The summed E-state index contributed by atoms with van der Waals surface area (Å²) in [7, 11) is 0. The van der Waals surface area contributed by atoms with Crippen LogP contribution in [0.15, 0.2) is 42.7 Å². The van der Waals surface area contributed by atoms with E-state index in [0.717, 1.165) is 25.9 Å². The average Bonchev–Trinajstić information content (AvgIpc) is 2.49. The second kappa shape index (κ2) is 5.86. The predicted molar refractivity (Wildman–Crippen MR) is 77.3 cm³/mol. The van der Waals surface area contributed by atoms with E-state index < -0.39 is 0 Å². The Bertz CT molecular complexity index is 561. The van der Waals surface area contributed by atoms with E-state index in [4.69, 9.17) is 0 Å². The number of anilines is 2. The number of para-hydroxylation sites is 1.